The molecule has 24 heavy (non-hydrogen) atoms. The van der Waals surface area contributed by atoms with Gasteiger partial charge in [0.05, 0.1) is 10.6 Å². The first-order chi connectivity index (χ1) is 11.5. The maximum absolute atomic E-state index is 13.0. The number of aromatic nitrogens is 2. The van der Waals surface area contributed by atoms with E-state index in [-0.39, 0.29) is 11.9 Å². The number of rotatable bonds is 3. The van der Waals surface area contributed by atoms with Crippen molar-refractivity contribution >= 4 is 17.5 Å². The number of piperidine rings is 1. The molecule has 0 aliphatic carbocycles. The van der Waals surface area contributed by atoms with E-state index in [1.165, 1.54) is 0 Å². The van der Waals surface area contributed by atoms with Gasteiger partial charge in [-0.15, -0.1) is 0 Å². The van der Waals surface area contributed by atoms with Gasteiger partial charge in [-0.2, -0.15) is 5.10 Å². The second kappa shape index (κ2) is 6.95. The van der Waals surface area contributed by atoms with Crippen LogP contribution in [0.5, 0.6) is 0 Å². The van der Waals surface area contributed by atoms with Crippen LogP contribution in [0.4, 0.5) is 0 Å². The Morgan fingerprint density at radius 3 is 2.62 bits per heavy atom. The van der Waals surface area contributed by atoms with Crippen molar-refractivity contribution in [1.29, 1.82) is 0 Å². The van der Waals surface area contributed by atoms with Crippen LogP contribution in [0.2, 0.25) is 5.02 Å². The van der Waals surface area contributed by atoms with Crippen molar-refractivity contribution in [1.82, 2.24) is 14.7 Å². The molecule has 128 valence electrons. The average molecular weight is 347 g/mol. The number of likely N-dealkylation sites (tertiary alicyclic amines) is 1. The van der Waals surface area contributed by atoms with Gasteiger partial charge in [0, 0.05) is 37.9 Å². The SMILES string of the molecule is CC(N)C1CCN(C(=O)c2cn(C)nc2-c2ccccc2Cl)CC1. The third-order valence-corrected chi connectivity index (χ3v) is 5.09. The van der Waals surface area contributed by atoms with E-state index in [0.717, 1.165) is 31.5 Å². The van der Waals surface area contributed by atoms with Gasteiger partial charge < -0.3 is 10.6 Å². The molecule has 0 bridgehead atoms. The van der Waals surface area contributed by atoms with Gasteiger partial charge >= 0.3 is 0 Å². The standard InChI is InChI=1S/C18H23ClN4O/c1-12(20)13-7-9-23(10-8-13)18(24)15-11-22(2)21-17(15)14-5-3-4-6-16(14)19/h3-6,11-13H,7-10,20H2,1-2H3. The lowest BCUT2D eigenvalue weighted by Crippen LogP contribution is -2.42. The van der Waals surface area contributed by atoms with Crippen LogP contribution in [0, 0.1) is 5.92 Å². The van der Waals surface area contributed by atoms with E-state index in [4.69, 9.17) is 17.3 Å². The molecular formula is C18H23ClN4O. The lowest BCUT2D eigenvalue weighted by molar-refractivity contribution is 0.0681. The highest BCUT2D eigenvalue weighted by Crippen LogP contribution is 2.30. The van der Waals surface area contributed by atoms with Crippen LogP contribution in [0.3, 0.4) is 0 Å². The predicted octanol–water partition coefficient (Wildman–Crippen LogP) is 2.94. The van der Waals surface area contributed by atoms with E-state index in [1.54, 1.807) is 10.9 Å². The molecule has 3 rings (SSSR count). The second-order valence-electron chi connectivity index (χ2n) is 6.53. The molecule has 0 spiro atoms. The van der Waals surface area contributed by atoms with Crippen molar-refractivity contribution in [3.05, 3.63) is 41.0 Å². The summed E-state index contributed by atoms with van der Waals surface area (Å²) in [7, 11) is 1.82. The van der Waals surface area contributed by atoms with E-state index in [2.05, 4.69) is 5.10 Å². The Morgan fingerprint density at radius 1 is 1.33 bits per heavy atom. The first kappa shape index (κ1) is 17.0. The molecule has 2 aromatic rings. The fourth-order valence-electron chi connectivity index (χ4n) is 3.30. The summed E-state index contributed by atoms with van der Waals surface area (Å²) in [6, 6.07) is 7.66. The van der Waals surface area contributed by atoms with E-state index in [9.17, 15) is 4.79 Å². The average Bonchev–Trinajstić information content (AvgIpc) is 2.96. The van der Waals surface area contributed by atoms with Crippen LogP contribution in [0.25, 0.3) is 11.3 Å². The Labute approximate surface area is 147 Å². The zero-order valence-corrected chi connectivity index (χ0v) is 14.8. The summed E-state index contributed by atoms with van der Waals surface area (Å²) in [4.78, 5) is 14.9. The molecule has 1 aromatic carbocycles. The topological polar surface area (TPSA) is 64.2 Å². The zero-order chi connectivity index (χ0) is 17.3. The molecule has 1 saturated heterocycles. The number of benzene rings is 1. The number of carbonyl (C=O) groups is 1. The highest BCUT2D eigenvalue weighted by molar-refractivity contribution is 6.33. The van der Waals surface area contributed by atoms with Gasteiger partial charge in [0.1, 0.15) is 5.69 Å². The van der Waals surface area contributed by atoms with Gasteiger partial charge in [-0.1, -0.05) is 29.8 Å². The normalized spacial score (nSPS) is 17.1. The first-order valence-corrected chi connectivity index (χ1v) is 8.68. The molecule has 2 heterocycles. The molecule has 1 aliphatic heterocycles. The predicted molar refractivity (Wildman–Crippen MR) is 95.9 cm³/mol. The van der Waals surface area contributed by atoms with Crippen LogP contribution in [-0.4, -0.2) is 39.7 Å². The van der Waals surface area contributed by atoms with E-state index >= 15 is 0 Å². The maximum atomic E-state index is 13.0. The molecule has 1 fully saturated rings. The zero-order valence-electron chi connectivity index (χ0n) is 14.1. The lowest BCUT2D eigenvalue weighted by atomic mass is 9.90. The van der Waals surface area contributed by atoms with Gasteiger partial charge in [-0.3, -0.25) is 9.48 Å². The van der Waals surface area contributed by atoms with Crippen LogP contribution < -0.4 is 5.73 Å². The van der Waals surface area contributed by atoms with Crippen molar-refractivity contribution in [2.75, 3.05) is 13.1 Å². The van der Waals surface area contributed by atoms with Gasteiger partial charge in [-0.05, 0) is 31.7 Å². The Hall–Kier alpha value is -1.85. The second-order valence-corrected chi connectivity index (χ2v) is 6.94. The van der Waals surface area contributed by atoms with Crippen LogP contribution in [0.1, 0.15) is 30.1 Å². The number of aryl methyl sites for hydroxylation is 1. The molecule has 1 unspecified atom stereocenters. The number of nitrogens with zero attached hydrogens (tertiary/aromatic N) is 3. The summed E-state index contributed by atoms with van der Waals surface area (Å²) in [6.07, 6.45) is 3.68. The monoisotopic (exact) mass is 346 g/mol. The molecule has 0 radical (unpaired) electrons. The molecule has 0 saturated carbocycles. The minimum atomic E-state index is 0.0149. The Balaban J connectivity index is 1.86. The summed E-state index contributed by atoms with van der Waals surface area (Å²) in [5, 5.41) is 5.06. The van der Waals surface area contributed by atoms with Gasteiger partial charge in [0.15, 0.2) is 0 Å². The quantitative estimate of drug-likeness (QED) is 0.929. The highest BCUT2D eigenvalue weighted by atomic mass is 35.5. The van der Waals surface area contributed by atoms with Crippen molar-refractivity contribution in [2.24, 2.45) is 18.7 Å². The van der Waals surface area contributed by atoms with Crippen molar-refractivity contribution < 1.29 is 4.79 Å². The fourth-order valence-corrected chi connectivity index (χ4v) is 3.52. The number of nitrogens with two attached hydrogens (primary N) is 1. The Bertz CT molecular complexity index is 732. The van der Waals surface area contributed by atoms with Gasteiger partial charge in [0.2, 0.25) is 0 Å². The van der Waals surface area contributed by atoms with E-state index in [0.29, 0.717) is 22.2 Å². The Kier molecular flexibility index (Phi) is 4.92. The van der Waals surface area contributed by atoms with E-state index in [1.807, 2.05) is 43.1 Å². The number of amides is 1. The molecule has 1 aliphatic rings. The van der Waals surface area contributed by atoms with Crippen molar-refractivity contribution in [2.45, 2.75) is 25.8 Å². The van der Waals surface area contributed by atoms with Crippen molar-refractivity contribution in [3.8, 4) is 11.3 Å². The molecule has 5 nitrogen and oxygen atoms in total. The minimum absolute atomic E-state index is 0.0149. The fraction of sp³-hybridized carbons (Fsp3) is 0.444. The van der Waals surface area contributed by atoms with Crippen molar-refractivity contribution in [3.63, 3.8) is 0 Å². The summed E-state index contributed by atoms with van der Waals surface area (Å²) >= 11 is 6.30. The molecule has 2 N–H and O–H groups in total. The third kappa shape index (κ3) is 3.32. The summed E-state index contributed by atoms with van der Waals surface area (Å²) in [6.45, 7) is 3.52. The maximum Gasteiger partial charge on any atom is 0.257 e. The van der Waals surface area contributed by atoms with Crippen LogP contribution >= 0.6 is 11.6 Å². The van der Waals surface area contributed by atoms with Crippen LogP contribution in [-0.2, 0) is 7.05 Å². The number of hydrogen-bond acceptors (Lipinski definition) is 3. The largest absolute Gasteiger partial charge is 0.339 e. The summed E-state index contributed by atoms with van der Waals surface area (Å²) in [5.74, 6) is 0.507. The highest BCUT2D eigenvalue weighted by Gasteiger charge is 2.28. The molecule has 6 heteroatoms. The number of halogens is 1. The lowest BCUT2D eigenvalue weighted by Gasteiger charge is -2.33. The summed E-state index contributed by atoms with van der Waals surface area (Å²) < 4.78 is 1.67. The van der Waals surface area contributed by atoms with E-state index < -0.39 is 0 Å². The third-order valence-electron chi connectivity index (χ3n) is 4.76. The molecule has 1 aromatic heterocycles. The molecule has 1 amide bonds. The summed E-state index contributed by atoms with van der Waals surface area (Å²) in [5.41, 5.74) is 8.02. The first-order valence-electron chi connectivity index (χ1n) is 8.30. The minimum Gasteiger partial charge on any atom is -0.339 e. The van der Waals surface area contributed by atoms with Crippen LogP contribution in [0.15, 0.2) is 30.5 Å². The number of carbonyl (C=O) groups excluding carboxylic acids is 1. The number of hydrogen-bond donors (Lipinski definition) is 1. The molecular weight excluding hydrogens is 324 g/mol. The Morgan fingerprint density at radius 2 is 2.00 bits per heavy atom. The smallest absolute Gasteiger partial charge is 0.257 e. The van der Waals surface area contributed by atoms with Gasteiger partial charge in [0.25, 0.3) is 5.91 Å². The molecule has 1 atom stereocenters. The van der Waals surface area contributed by atoms with Gasteiger partial charge in [-0.25, -0.2) is 0 Å².